The second kappa shape index (κ2) is 5.16. The molecule has 0 amide bonds. The Kier molecular flexibility index (Phi) is 4.10. The molecule has 0 aromatic rings. The molecule has 0 bridgehead atoms. The minimum Gasteiger partial charge on any atom is -0.316 e. The maximum absolute atomic E-state index is 6.70. The Morgan fingerprint density at radius 3 is 2.58 bits per heavy atom. The summed E-state index contributed by atoms with van der Waals surface area (Å²) in [6.07, 6.45) is 4.01. The fourth-order valence-corrected chi connectivity index (χ4v) is 1.81. The monoisotopic (exact) mass is 166 g/mol. The van der Waals surface area contributed by atoms with Gasteiger partial charge in [0.15, 0.2) is 0 Å². The second-order valence-electron chi connectivity index (χ2n) is 3.57. The summed E-state index contributed by atoms with van der Waals surface area (Å²) in [5.74, 6) is 0.953. The molecule has 0 spiro atoms. The van der Waals surface area contributed by atoms with E-state index in [2.05, 4.69) is 16.7 Å². The van der Waals surface area contributed by atoms with Crippen LogP contribution in [0.25, 0.3) is 4.85 Å². The van der Waals surface area contributed by atoms with Gasteiger partial charge in [-0.3, -0.25) is 4.90 Å². The Hall–Kier alpha value is -0.550. The molecule has 68 valence electrons. The van der Waals surface area contributed by atoms with Crippen LogP contribution in [0.3, 0.4) is 0 Å². The van der Waals surface area contributed by atoms with E-state index in [0.717, 1.165) is 12.5 Å². The van der Waals surface area contributed by atoms with Gasteiger partial charge in [0.05, 0.1) is 6.54 Å². The van der Waals surface area contributed by atoms with Gasteiger partial charge in [0.1, 0.15) is 0 Å². The molecule has 1 heterocycles. The van der Waals surface area contributed by atoms with Crippen LogP contribution in [0.15, 0.2) is 0 Å². The van der Waals surface area contributed by atoms with E-state index >= 15 is 0 Å². The molecule has 0 atom stereocenters. The van der Waals surface area contributed by atoms with Gasteiger partial charge in [-0.15, -0.1) is 0 Å². The number of likely N-dealkylation sites (tertiary alicyclic amines) is 1. The Balaban J connectivity index is 2.14. The molecule has 1 saturated heterocycles. The van der Waals surface area contributed by atoms with Crippen LogP contribution in [0, 0.1) is 12.5 Å². The molecular weight excluding hydrogens is 148 g/mol. The van der Waals surface area contributed by atoms with Crippen LogP contribution in [0.5, 0.6) is 0 Å². The van der Waals surface area contributed by atoms with Crippen molar-refractivity contribution in [2.75, 3.05) is 26.2 Å². The number of hydrogen-bond donors (Lipinski definition) is 0. The van der Waals surface area contributed by atoms with E-state index in [-0.39, 0.29) is 0 Å². The minimum atomic E-state index is 0.677. The maximum atomic E-state index is 6.70. The smallest absolute Gasteiger partial charge is 0.227 e. The van der Waals surface area contributed by atoms with E-state index in [9.17, 15) is 0 Å². The zero-order valence-corrected chi connectivity index (χ0v) is 7.92. The molecule has 0 N–H and O–H groups in total. The first kappa shape index (κ1) is 9.54. The topological polar surface area (TPSA) is 7.60 Å². The summed E-state index contributed by atoms with van der Waals surface area (Å²) in [6, 6.07) is 0. The highest BCUT2D eigenvalue weighted by Crippen LogP contribution is 2.19. The average Bonchev–Trinajstić information content (AvgIpc) is 2.15. The second-order valence-corrected chi connectivity index (χ2v) is 3.57. The van der Waals surface area contributed by atoms with E-state index < -0.39 is 0 Å². The molecule has 0 aromatic carbocycles. The predicted molar refractivity (Wildman–Crippen MR) is 50.9 cm³/mol. The van der Waals surface area contributed by atoms with E-state index in [1.54, 1.807) is 0 Å². The van der Waals surface area contributed by atoms with E-state index in [1.165, 1.54) is 32.4 Å². The lowest BCUT2D eigenvalue weighted by Gasteiger charge is -2.29. The summed E-state index contributed by atoms with van der Waals surface area (Å²) in [4.78, 5) is 5.80. The van der Waals surface area contributed by atoms with Gasteiger partial charge in [0.2, 0.25) is 6.54 Å². The van der Waals surface area contributed by atoms with E-state index in [0.29, 0.717) is 6.54 Å². The molecule has 2 heteroatoms. The van der Waals surface area contributed by atoms with Gasteiger partial charge in [-0.1, -0.05) is 13.3 Å². The average molecular weight is 166 g/mol. The molecule has 0 radical (unpaired) electrons. The van der Waals surface area contributed by atoms with Gasteiger partial charge in [0, 0.05) is 0 Å². The van der Waals surface area contributed by atoms with Crippen LogP contribution >= 0.6 is 0 Å². The zero-order valence-electron chi connectivity index (χ0n) is 7.92. The number of piperidine rings is 1. The molecule has 1 aliphatic rings. The first-order chi connectivity index (χ1) is 5.86. The third-order valence-corrected chi connectivity index (χ3v) is 2.81. The molecule has 1 fully saturated rings. The fourth-order valence-electron chi connectivity index (χ4n) is 1.81. The number of hydrogen-bond acceptors (Lipinski definition) is 1. The normalized spacial score (nSPS) is 20.7. The molecule has 1 rings (SSSR count). The summed E-state index contributed by atoms with van der Waals surface area (Å²) < 4.78 is 0. The summed E-state index contributed by atoms with van der Waals surface area (Å²) in [5, 5.41) is 0. The van der Waals surface area contributed by atoms with E-state index in [4.69, 9.17) is 6.57 Å². The van der Waals surface area contributed by atoms with Crippen LogP contribution in [0.1, 0.15) is 26.2 Å². The fraction of sp³-hybridized carbons (Fsp3) is 0.900. The molecule has 0 saturated carbocycles. The summed E-state index contributed by atoms with van der Waals surface area (Å²) in [7, 11) is 0. The van der Waals surface area contributed by atoms with Crippen molar-refractivity contribution in [3.05, 3.63) is 11.4 Å². The lowest BCUT2D eigenvalue weighted by molar-refractivity contribution is 0.189. The van der Waals surface area contributed by atoms with Crippen molar-refractivity contribution >= 4 is 0 Å². The molecule has 0 unspecified atom stereocenters. The highest BCUT2D eigenvalue weighted by Gasteiger charge is 2.17. The highest BCUT2D eigenvalue weighted by atomic mass is 15.1. The third-order valence-electron chi connectivity index (χ3n) is 2.81. The summed E-state index contributed by atoms with van der Waals surface area (Å²) in [5.41, 5.74) is 0. The molecule has 12 heavy (non-hydrogen) atoms. The first-order valence-electron chi connectivity index (χ1n) is 4.92. The van der Waals surface area contributed by atoms with Gasteiger partial charge in [-0.25, -0.2) is 6.57 Å². The Morgan fingerprint density at radius 1 is 1.42 bits per heavy atom. The number of nitrogens with zero attached hydrogens (tertiary/aromatic N) is 2. The Labute approximate surface area is 75.4 Å². The maximum Gasteiger partial charge on any atom is 0.227 e. The van der Waals surface area contributed by atoms with Crippen molar-refractivity contribution in [2.24, 2.45) is 5.92 Å². The van der Waals surface area contributed by atoms with Crippen molar-refractivity contribution in [2.45, 2.75) is 26.2 Å². The van der Waals surface area contributed by atoms with Gasteiger partial charge >= 0.3 is 0 Å². The third kappa shape index (κ3) is 2.83. The van der Waals surface area contributed by atoms with Gasteiger partial charge in [-0.2, -0.15) is 0 Å². The molecule has 1 aliphatic heterocycles. The summed E-state index contributed by atoms with van der Waals surface area (Å²) >= 11 is 0. The highest BCUT2D eigenvalue weighted by molar-refractivity contribution is 4.73. The molecule has 0 aromatic heterocycles. The largest absolute Gasteiger partial charge is 0.316 e. The van der Waals surface area contributed by atoms with Gasteiger partial charge in [-0.05, 0) is 31.8 Å². The minimum absolute atomic E-state index is 0.677. The van der Waals surface area contributed by atoms with Crippen LogP contribution in [-0.4, -0.2) is 31.1 Å². The lowest BCUT2D eigenvalue weighted by Crippen LogP contribution is -2.35. The summed E-state index contributed by atoms with van der Waals surface area (Å²) in [6.45, 7) is 13.1. The van der Waals surface area contributed by atoms with Crippen molar-refractivity contribution in [1.29, 1.82) is 0 Å². The quantitative estimate of drug-likeness (QED) is 0.582. The van der Waals surface area contributed by atoms with Crippen molar-refractivity contribution in [1.82, 2.24) is 4.90 Å². The molecule has 0 aliphatic carbocycles. The lowest BCUT2D eigenvalue weighted by atomic mass is 9.94. The number of rotatable bonds is 3. The van der Waals surface area contributed by atoms with Crippen molar-refractivity contribution in [3.8, 4) is 0 Å². The zero-order chi connectivity index (χ0) is 8.81. The predicted octanol–water partition coefficient (Wildman–Crippen LogP) is 2.03. The Bertz CT molecular complexity index is 152. The van der Waals surface area contributed by atoms with Crippen LogP contribution in [0.2, 0.25) is 0 Å². The van der Waals surface area contributed by atoms with Crippen LogP contribution < -0.4 is 0 Å². The molecule has 2 nitrogen and oxygen atoms in total. The van der Waals surface area contributed by atoms with E-state index in [1.807, 2.05) is 0 Å². The van der Waals surface area contributed by atoms with Gasteiger partial charge < -0.3 is 4.85 Å². The molecular formula is C10H18N2. The van der Waals surface area contributed by atoms with Crippen LogP contribution in [0.4, 0.5) is 0 Å². The Morgan fingerprint density at radius 2 is 2.08 bits per heavy atom. The van der Waals surface area contributed by atoms with Crippen molar-refractivity contribution in [3.63, 3.8) is 0 Å². The van der Waals surface area contributed by atoms with Crippen LogP contribution in [-0.2, 0) is 0 Å². The SMILES string of the molecule is [C-]#[N+]CCN1CCC(CC)CC1. The standard InChI is InChI=1S/C10H18N2/c1-3-10-4-7-12(8-5-10)9-6-11-2/h10H,3-9H2,1H3. The first-order valence-corrected chi connectivity index (χ1v) is 4.92. The van der Waals surface area contributed by atoms with Gasteiger partial charge in [0.25, 0.3) is 0 Å². The van der Waals surface area contributed by atoms with Crippen molar-refractivity contribution < 1.29 is 0 Å².